The average Bonchev–Trinajstić information content (AvgIpc) is 3.31. The van der Waals surface area contributed by atoms with Gasteiger partial charge < -0.3 is 15.0 Å². The number of sulfone groups is 1. The van der Waals surface area contributed by atoms with E-state index in [0.29, 0.717) is 24.4 Å². The van der Waals surface area contributed by atoms with Crippen molar-refractivity contribution >= 4 is 33.0 Å². The topological polar surface area (TPSA) is 101 Å². The van der Waals surface area contributed by atoms with Crippen LogP contribution in [0.1, 0.15) is 42.4 Å². The molecule has 2 aromatic carbocycles. The fraction of sp³-hybridized carbons (Fsp3) is 0.385. The fourth-order valence-corrected chi connectivity index (χ4v) is 8.52. The SMILES string of the molecule is C[C@H]1CC2C[C@@H](S(=O)(=O)c3cc(C(=O)Nc4cc(F)c(F)c(F)c4)ccc3Cl)C[C@H]1[C@@]2(O)c1nccn1C. The third-order valence-electron chi connectivity index (χ3n) is 7.95. The molecule has 7 nitrogen and oxygen atoms in total. The lowest BCUT2D eigenvalue weighted by molar-refractivity contribution is -0.0788. The minimum atomic E-state index is -4.04. The summed E-state index contributed by atoms with van der Waals surface area (Å²) < 4.78 is 69.7. The van der Waals surface area contributed by atoms with E-state index in [-0.39, 0.29) is 51.8 Å². The molecule has 1 aromatic heterocycles. The number of aromatic nitrogens is 2. The Morgan fingerprint density at radius 3 is 2.45 bits per heavy atom. The number of carbonyl (C=O) groups excluding carboxylic acids is 1. The van der Waals surface area contributed by atoms with Crippen molar-refractivity contribution in [1.29, 1.82) is 0 Å². The van der Waals surface area contributed by atoms with Crippen LogP contribution in [0.2, 0.25) is 5.02 Å². The standard InChI is InChI=1S/C26H25ClF3N3O4S/c1-13-7-15-9-17(12-18(13)26(15,35)25-31-5-6-33(25)2)38(36,37)22-8-14(3-4-19(22)27)24(34)32-16-10-20(28)23(30)21(29)11-16/h3-6,8,10-11,13,15,17-18,35H,7,9,12H2,1-2H3,(H,32,34)/t13-,15?,17+,18+,26+/m0/s1. The summed E-state index contributed by atoms with van der Waals surface area (Å²) in [6.45, 7) is 1.99. The van der Waals surface area contributed by atoms with E-state index in [4.69, 9.17) is 11.6 Å². The van der Waals surface area contributed by atoms with E-state index < -0.39 is 44.0 Å². The van der Waals surface area contributed by atoms with Crippen LogP contribution in [0, 0.1) is 35.2 Å². The van der Waals surface area contributed by atoms with Crippen LogP contribution >= 0.6 is 11.6 Å². The summed E-state index contributed by atoms with van der Waals surface area (Å²) in [5.41, 5.74) is -1.71. The third-order valence-corrected chi connectivity index (χ3v) is 10.6. The van der Waals surface area contributed by atoms with E-state index in [1.165, 1.54) is 12.1 Å². The van der Waals surface area contributed by atoms with Gasteiger partial charge in [0, 0.05) is 42.8 Å². The molecule has 0 saturated heterocycles. The van der Waals surface area contributed by atoms with Gasteiger partial charge in [0.05, 0.1) is 15.2 Å². The number of aryl methyl sites for hydroxylation is 1. The Labute approximate surface area is 222 Å². The summed E-state index contributed by atoms with van der Waals surface area (Å²) in [4.78, 5) is 16.9. The van der Waals surface area contributed by atoms with Gasteiger partial charge in [-0.05, 0) is 55.2 Å². The van der Waals surface area contributed by atoms with Crippen molar-refractivity contribution in [2.24, 2.45) is 24.8 Å². The normalized spacial score (nSPS) is 26.9. The molecule has 5 rings (SSSR count). The maximum Gasteiger partial charge on any atom is 0.255 e. The number of fused-ring (bicyclic) bond motifs is 2. The first-order chi connectivity index (χ1) is 17.8. The number of rotatable bonds is 5. The van der Waals surface area contributed by atoms with Gasteiger partial charge in [-0.2, -0.15) is 0 Å². The molecule has 2 bridgehead atoms. The molecule has 2 N–H and O–H groups in total. The quantitative estimate of drug-likeness (QED) is 0.430. The summed E-state index contributed by atoms with van der Waals surface area (Å²) in [7, 11) is -2.25. The van der Waals surface area contributed by atoms with Crippen LogP contribution in [0.15, 0.2) is 47.6 Å². The molecule has 3 aromatic rings. The molecule has 2 aliphatic carbocycles. The molecule has 202 valence electrons. The number of carbonyl (C=O) groups is 1. The number of halogens is 4. The van der Waals surface area contributed by atoms with Gasteiger partial charge in [0.1, 0.15) is 11.4 Å². The molecule has 1 amide bonds. The lowest BCUT2D eigenvalue weighted by atomic mass is 9.72. The summed E-state index contributed by atoms with van der Waals surface area (Å²) in [5.74, 6) is -5.61. The van der Waals surface area contributed by atoms with E-state index in [1.807, 2.05) is 6.92 Å². The van der Waals surface area contributed by atoms with Crippen LogP contribution in [0.25, 0.3) is 0 Å². The van der Waals surface area contributed by atoms with Crippen LogP contribution in [0.4, 0.5) is 18.9 Å². The van der Waals surface area contributed by atoms with Gasteiger partial charge in [-0.25, -0.2) is 26.6 Å². The summed E-state index contributed by atoms with van der Waals surface area (Å²) in [5, 5.41) is 13.1. The zero-order chi connectivity index (χ0) is 27.6. The first-order valence-corrected chi connectivity index (χ1v) is 14.0. The number of benzene rings is 2. The molecular formula is C26H25ClF3N3O4S. The van der Waals surface area contributed by atoms with Crippen LogP contribution in [0.3, 0.4) is 0 Å². The highest BCUT2D eigenvalue weighted by Crippen LogP contribution is 2.58. The Bertz CT molecular complexity index is 1520. The maximum atomic E-state index is 13.8. The molecular weight excluding hydrogens is 543 g/mol. The summed E-state index contributed by atoms with van der Waals surface area (Å²) >= 11 is 6.28. The monoisotopic (exact) mass is 567 g/mol. The molecule has 2 fully saturated rings. The van der Waals surface area contributed by atoms with Gasteiger partial charge in [-0.1, -0.05) is 18.5 Å². The van der Waals surface area contributed by atoms with E-state index in [0.717, 1.165) is 6.07 Å². The van der Waals surface area contributed by atoms with Crippen molar-refractivity contribution in [2.75, 3.05) is 5.32 Å². The molecule has 38 heavy (non-hydrogen) atoms. The van der Waals surface area contributed by atoms with Gasteiger partial charge in [-0.3, -0.25) is 4.79 Å². The second-order valence-electron chi connectivity index (χ2n) is 10.2. The van der Waals surface area contributed by atoms with Crippen molar-refractivity contribution in [3.63, 3.8) is 0 Å². The molecule has 1 heterocycles. The Hall–Kier alpha value is -2.89. The first kappa shape index (κ1) is 26.7. The molecule has 2 aliphatic rings. The van der Waals surface area contributed by atoms with Gasteiger partial charge in [-0.15, -0.1) is 0 Å². The second kappa shape index (κ2) is 9.39. The zero-order valence-electron chi connectivity index (χ0n) is 20.5. The molecule has 0 radical (unpaired) electrons. The van der Waals surface area contributed by atoms with Crippen LogP contribution in [-0.4, -0.2) is 34.2 Å². The van der Waals surface area contributed by atoms with Crippen molar-refractivity contribution in [3.05, 3.63) is 76.6 Å². The second-order valence-corrected chi connectivity index (χ2v) is 12.8. The Morgan fingerprint density at radius 2 is 1.84 bits per heavy atom. The predicted octanol–water partition coefficient (Wildman–Crippen LogP) is 4.84. The number of imidazole rings is 1. The smallest absolute Gasteiger partial charge is 0.255 e. The number of nitrogens with one attached hydrogen (secondary N) is 1. The minimum Gasteiger partial charge on any atom is -0.381 e. The highest BCUT2D eigenvalue weighted by molar-refractivity contribution is 7.92. The number of amides is 1. The lowest BCUT2D eigenvalue weighted by Crippen LogP contribution is -2.48. The van der Waals surface area contributed by atoms with Crippen molar-refractivity contribution in [2.45, 2.75) is 41.9 Å². The Morgan fingerprint density at radius 1 is 1.16 bits per heavy atom. The first-order valence-electron chi connectivity index (χ1n) is 12.0. The number of anilines is 1. The zero-order valence-corrected chi connectivity index (χ0v) is 22.0. The van der Waals surface area contributed by atoms with Crippen molar-refractivity contribution < 1.29 is 31.5 Å². The number of hydrogen-bond donors (Lipinski definition) is 2. The van der Waals surface area contributed by atoms with Gasteiger partial charge in [0.15, 0.2) is 27.3 Å². The fourth-order valence-electron chi connectivity index (χ4n) is 6.14. The maximum absolute atomic E-state index is 13.8. The van der Waals surface area contributed by atoms with Crippen LogP contribution < -0.4 is 5.32 Å². The van der Waals surface area contributed by atoms with E-state index >= 15 is 0 Å². The molecule has 5 atom stereocenters. The Kier molecular flexibility index (Phi) is 6.60. The molecule has 1 unspecified atom stereocenters. The highest BCUT2D eigenvalue weighted by Gasteiger charge is 2.61. The number of aliphatic hydroxyl groups is 1. The number of nitrogens with zero attached hydrogens (tertiary/aromatic N) is 2. The molecule has 0 aliphatic heterocycles. The third kappa shape index (κ3) is 4.20. The van der Waals surface area contributed by atoms with Gasteiger partial charge in [0.2, 0.25) is 0 Å². The van der Waals surface area contributed by atoms with E-state index in [9.17, 15) is 31.5 Å². The Balaban J connectivity index is 1.43. The largest absolute Gasteiger partial charge is 0.381 e. The molecule has 0 spiro atoms. The number of hydrogen-bond acceptors (Lipinski definition) is 5. The van der Waals surface area contributed by atoms with Gasteiger partial charge >= 0.3 is 0 Å². The van der Waals surface area contributed by atoms with Crippen molar-refractivity contribution in [1.82, 2.24) is 9.55 Å². The van der Waals surface area contributed by atoms with Crippen LogP contribution in [0.5, 0.6) is 0 Å². The highest BCUT2D eigenvalue weighted by atomic mass is 35.5. The predicted molar refractivity (Wildman–Crippen MR) is 134 cm³/mol. The molecule has 12 heteroatoms. The summed E-state index contributed by atoms with van der Waals surface area (Å²) in [6, 6.07) is 4.89. The van der Waals surface area contributed by atoms with Crippen molar-refractivity contribution in [3.8, 4) is 0 Å². The minimum absolute atomic E-state index is 0.0611. The van der Waals surface area contributed by atoms with E-state index in [1.54, 1.807) is 24.0 Å². The summed E-state index contributed by atoms with van der Waals surface area (Å²) in [6.07, 6.45) is 4.36. The van der Waals surface area contributed by atoms with Crippen LogP contribution in [-0.2, 0) is 22.5 Å². The lowest BCUT2D eigenvalue weighted by Gasteiger charge is -2.42. The molecule has 2 saturated carbocycles. The average molecular weight is 568 g/mol. The van der Waals surface area contributed by atoms with E-state index in [2.05, 4.69) is 10.3 Å². The van der Waals surface area contributed by atoms with Gasteiger partial charge in [0.25, 0.3) is 5.91 Å².